The second-order valence-corrected chi connectivity index (χ2v) is 8.95. The van der Waals surface area contributed by atoms with Gasteiger partial charge in [0.15, 0.2) is 0 Å². The smallest absolute Gasteiger partial charge is 0.220 e. The third-order valence-electron chi connectivity index (χ3n) is 6.87. The molecule has 0 aromatic rings. The van der Waals surface area contributed by atoms with Crippen molar-refractivity contribution in [2.45, 2.75) is 95.9 Å². The molecule has 2 amide bonds. The summed E-state index contributed by atoms with van der Waals surface area (Å²) in [7, 11) is 2.09. The lowest BCUT2D eigenvalue weighted by atomic mass is 9.76. The van der Waals surface area contributed by atoms with Crippen LogP contribution in [0.2, 0.25) is 0 Å². The van der Waals surface area contributed by atoms with Gasteiger partial charge in [0.2, 0.25) is 11.8 Å². The van der Waals surface area contributed by atoms with Gasteiger partial charge in [-0.15, -0.1) is 0 Å². The Bertz CT molecular complexity index is 439. The van der Waals surface area contributed by atoms with Gasteiger partial charge in [0, 0.05) is 25.4 Å². The van der Waals surface area contributed by atoms with Crippen LogP contribution in [0.3, 0.4) is 0 Å². The summed E-state index contributed by atoms with van der Waals surface area (Å²) in [6.07, 6.45) is 15.9. The second-order valence-electron chi connectivity index (χ2n) is 8.95. The summed E-state index contributed by atoms with van der Waals surface area (Å²) in [5, 5.41) is 6.51. The molecule has 4 N–H and O–H groups in total. The van der Waals surface area contributed by atoms with E-state index < -0.39 is 0 Å². The minimum absolute atomic E-state index is 0.124. The fourth-order valence-electron chi connectivity index (χ4n) is 4.87. The van der Waals surface area contributed by atoms with E-state index in [0.29, 0.717) is 25.2 Å². The number of unbranched alkanes of at least 4 members (excludes halogenated alkanes) is 1. The van der Waals surface area contributed by atoms with E-state index in [1.807, 2.05) is 0 Å². The first kappa shape index (κ1) is 22.2. The van der Waals surface area contributed by atoms with Gasteiger partial charge in [0.05, 0.1) is 0 Å². The zero-order chi connectivity index (χ0) is 19.5. The Hall–Kier alpha value is -1.10. The Labute approximate surface area is 165 Å². The minimum Gasteiger partial charge on any atom is -0.370 e. The Morgan fingerprint density at radius 3 is 1.89 bits per heavy atom. The number of carbonyl (C=O) groups is 2. The van der Waals surface area contributed by atoms with E-state index in [1.165, 1.54) is 64.2 Å². The second kappa shape index (κ2) is 12.4. The van der Waals surface area contributed by atoms with Crippen LogP contribution in [-0.4, -0.2) is 31.4 Å². The highest BCUT2D eigenvalue weighted by atomic mass is 16.1. The summed E-state index contributed by atoms with van der Waals surface area (Å²) >= 11 is 0. The molecule has 0 bridgehead atoms. The maximum Gasteiger partial charge on any atom is 0.220 e. The van der Waals surface area contributed by atoms with Crippen molar-refractivity contribution in [2.24, 2.45) is 23.5 Å². The first-order valence-electron chi connectivity index (χ1n) is 11.3. The molecule has 0 saturated heterocycles. The molecule has 0 aromatic heterocycles. The molecule has 2 aliphatic rings. The molecular weight excluding hydrogens is 338 g/mol. The highest BCUT2D eigenvalue weighted by Crippen LogP contribution is 2.35. The molecule has 27 heavy (non-hydrogen) atoms. The first-order valence-corrected chi connectivity index (χ1v) is 11.3. The Kier molecular flexibility index (Phi) is 10.2. The molecule has 2 aliphatic carbocycles. The number of primary amides is 1. The Morgan fingerprint density at radius 1 is 0.815 bits per heavy atom. The SMILES string of the molecule is CNC1CCC(CCC2CCC(CNC(=O)CCCCC(N)=O)CC2)CC1. The van der Waals surface area contributed by atoms with Crippen molar-refractivity contribution >= 4 is 11.8 Å². The van der Waals surface area contributed by atoms with E-state index >= 15 is 0 Å². The van der Waals surface area contributed by atoms with E-state index in [0.717, 1.165) is 30.8 Å². The molecule has 2 rings (SSSR count). The van der Waals surface area contributed by atoms with E-state index in [-0.39, 0.29) is 11.8 Å². The number of carbonyl (C=O) groups excluding carboxylic acids is 2. The quantitative estimate of drug-likeness (QED) is 0.480. The average Bonchev–Trinajstić information content (AvgIpc) is 2.69. The maximum atomic E-state index is 11.9. The number of nitrogens with two attached hydrogens (primary N) is 1. The molecule has 0 aromatic carbocycles. The number of nitrogens with one attached hydrogen (secondary N) is 2. The van der Waals surface area contributed by atoms with Crippen LogP contribution in [0.15, 0.2) is 0 Å². The van der Waals surface area contributed by atoms with Crippen LogP contribution in [-0.2, 0) is 9.59 Å². The van der Waals surface area contributed by atoms with Gasteiger partial charge in [-0.05, 0) is 76.2 Å². The predicted molar refractivity (Wildman–Crippen MR) is 110 cm³/mol. The molecule has 5 nitrogen and oxygen atoms in total. The number of amides is 2. The summed E-state index contributed by atoms with van der Waals surface area (Å²) in [4.78, 5) is 22.6. The van der Waals surface area contributed by atoms with Crippen LogP contribution in [0.4, 0.5) is 0 Å². The van der Waals surface area contributed by atoms with E-state index in [1.54, 1.807) is 0 Å². The largest absolute Gasteiger partial charge is 0.370 e. The van der Waals surface area contributed by atoms with Crippen molar-refractivity contribution in [3.63, 3.8) is 0 Å². The van der Waals surface area contributed by atoms with Gasteiger partial charge in [0.25, 0.3) is 0 Å². The van der Waals surface area contributed by atoms with E-state index in [2.05, 4.69) is 17.7 Å². The number of hydrogen-bond donors (Lipinski definition) is 3. The summed E-state index contributed by atoms with van der Waals surface area (Å²) in [5.74, 6) is 2.37. The van der Waals surface area contributed by atoms with Crippen LogP contribution in [0.1, 0.15) is 89.9 Å². The first-order chi connectivity index (χ1) is 13.1. The molecule has 0 aliphatic heterocycles. The molecule has 2 saturated carbocycles. The molecule has 0 heterocycles. The summed E-state index contributed by atoms with van der Waals surface area (Å²) in [5.41, 5.74) is 5.11. The van der Waals surface area contributed by atoms with Gasteiger partial charge in [-0.2, -0.15) is 0 Å². The lowest BCUT2D eigenvalue weighted by Gasteiger charge is -2.32. The lowest BCUT2D eigenvalue weighted by Crippen LogP contribution is -2.31. The van der Waals surface area contributed by atoms with Crippen LogP contribution in [0.5, 0.6) is 0 Å². The van der Waals surface area contributed by atoms with Crippen LogP contribution in [0.25, 0.3) is 0 Å². The molecule has 0 atom stereocenters. The molecule has 0 unspecified atom stereocenters. The van der Waals surface area contributed by atoms with Crippen molar-refractivity contribution < 1.29 is 9.59 Å². The summed E-state index contributed by atoms with van der Waals surface area (Å²) in [6, 6.07) is 0.759. The van der Waals surface area contributed by atoms with Crippen molar-refractivity contribution in [3.8, 4) is 0 Å². The van der Waals surface area contributed by atoms with Crippen molar-refractivity contribution in [1.29, 1.82) is 0 Å². The van der Waals surface area contributed by atoms with Gasteiger partial charge in [-0.3, -0.25) is 9.59 Å². The van der Waals surface area contributed by atoms with E-state index in [4.69, 9.17) is 5.73 Å². The Morgan fingerprint density at radius 2 is 1.33 bits per heavy atom. The van der Waals surface area contributed by atoms with Gasteiger partial charge >= 0.3 is 0 Å². The van der Waals surface area contributed by atoms with Gasteiger partial charge < -0.3 is 16.4 Å². The third kappa shape index (κ3) is 9.09. The van der Waals surface area contributed by atoms with Crippen molar-refractivity contribution in [1.82, 2.24) is 10.6 Å². The average molecular weight is 380 g/mol. The fourth-order valence-corrected chi connectivity index (χ4v) is 4.87. The maximum absolute atomic E-state index is 11.9. The van der Waals surface area contributed by atoms with Crippen molar-refractivity contribution in [2.75, 3.05) is 13.6 Å². The monoisotopic (exact) mass is 379 g/mol. The Balaban J connectivity index is 1.49. The zero-order valence-corrected chi connectivity index (χ0v) is 17.3. The number of rotatable bonds is 11. The summed E-state index contributed by atoms with van der Waals surface area (Å²) in [6.45, 7) is 0.829. The molecule has 0 spiro atoms. The highest BCUT2D eigenvalue weighted by Gasteiger charge is 2.24. The zero-order valence-electron chi connectivity index (χ0n) is 17.3. The van der Waals surface area contributed by atoms with Gasteiger partial charge in [0.1, 0.15) is 0 Å². The van der Waals surface area contributed by atoms with Crippen LogP contribution in [0, 0.1) is 17.8 Å². The molecular formula is C22H41N3O2. The normalized spacial score (nSPS) is 28.6. The molecule has 0 radical (unpaired) electrons. The lowest BCUT2D eigenvalue weighted by molar-refractivity contribution is -0.122. The minimum atomic E-state index is -0.280. The van der Waals surface area contributed by atoms with E-state index in [9.17, 15) is 9.59 Å². The molecule has 156 valence electrons. The topological polar surface area (TPSA) is 84.2 Å². The van der Waals surface area contributed by atoms with Crippen molar-refractivity contribution in [3.05, 3.63) is 0 Å². The van der Waals surface area contributed by atoms with Gasteiger partial charge in [-0.1, -0.05) is 25.7 Å². The summed E-state index contributed by atoms with van der Waals surface area (Å²) < 4.78 is 0. The standard InChI is InChI=1S/C22H41N3O2/c1-24-20-14-12-18(13-15-20)7-6-17-8-10-19(11-9-17)16-25-22(27)5-3-2-4-21(23)26/h17-20,24H,2-16H2,1H3,(H2,23,26)(H,25,27). The molecule has 2 fully saturated rings. The van der Waals surface area contributed by atoms with Crippen LogP contribution >= 0.6 is 0 Å². The fraction of sp³-hybridized carbons (Fsp3) is 0.909. The highest BCUT2D eigenvalue weighted by molar-refractivity contribution is 5.76. The third-order valence-corrected chi connectivity index (χ3v) is 6.87. The number of hydrogen-bond acceptors (Lipinski definition) is 3. The van der Waals surface area contributed by atoms with Gasteiger partial charge in [-0.25, -0.2) is 0 Å². The molecule has 5 heteroatoms. The predicted octanol–water partition coefficient (Wildman–Crippen LogP) is 3.51. The van der Waals surface area contributed by atoms with Crippen LogP contribution < -0.4 is 16.4 Å².